The quantitative estimate of drug-likeness (QED) is 0.112. The fourth-order valence-corrected chi connectivity index (χ4v) is 14.4. The van der Waals surface area contributed by atoms with Crippen molar-refractivity contribution in [3.8, 4) is 77.9 Å². The van der Waals surface area contributed by atoms with Gasteiger partial charge in [-0.25, -0.2) is 0 Å². The van der Waals surface area contributed by atoms with Crippen LogP contribution in [0.4, 0.5) is 0 Å². The van der Waals surface area contributed by atoms with E-state index in [4.69, 9.17) is 44.1 Å². The average molecular weight is 1300 g/mol. The van der Waals surface area contributed by atoms with Crippen molar-refractivity contribution in [2.24, 2.45) is 0 Å². The maximum Gasteiger partial charge on any atom is 0.495 e. The molecular formula is C90H66BCl3O2. The van der Waals surface area contributed by atoms with Crippen molar-refractivity contribution in [1.29, 1.82) is 0 Å². The van der Waals surface area contributed by atoms with Crippen LogP contribution in [0.5, 0.6) is 0 Å². The van der Waals surface area contributed by atoms with Crippen molar-refractivity contribution < 1.29 is 9.31 Å². The molecule has 2 nitrogen and oxygen atoms in total. The van der Waals surface area contributed by atoms with Crippen LogP contribution in [-0.4, -0.2) is 18.3 Å². The molecule has 1 fully saturated rings. The maximum atomic E-state index is 7.30. The van der Waals surface area contributed by atoms with Gasteiger partial charge in [0.1, 0.15) is 0 Å². The first-order valence-corrected chi connectivity index (χ1v) is 33.8. The molecule has 0 atom stereocenters. The van der Waals surface area contributed by atoms with E-state index in [1.165, 1.54) is 110 Å². The van der Waals surface area contributed by atoms with E-state index in [9.17, 15) is 0 Å². The highest BCUT2D eigenvalue weighted by Gasteiger charge is 2.52. The summed E-state index contributed by atoms with van der Waals surface area (Å²) in [5.41, 5.74) is 16.8. The smallest absolute Gasteiger partial charge is 0.399 e. The number of halogens is 3. The molecule has 462 valence electrons. The topological polar surface area (TPSA) is 18.5 Å². The van der Waals surface area contributed by atoms with Gasteiger partial charge in [-0.15, -0.1) is 0 Å². The Kier molecular flexibility index (Phi) is 17.0. The second-order valence-electron chi connectivity index (χ2n) is 25.6. The van der Waals surface area contributed by atoms with Crippen molar-refractivity contribution in [2.45, 2.75) is 38.9 Å². The summed E-state index contributed by atoms with van der Waals surface area (Å²) < 4.78 is 12.6. The summed E-state index contributed by atoms with van der Waals surface area (Å²) in [4.78, 5) is 0. The van der Waals surface area contributed by atoms with Gasteiger partial charge in [0, 0.05) is 10.6 Å². The van der Waals surface area contributed by atoms with Gasteiger partial charge < -0.3 is 9.31 Å². The lowest BCUT2D eigenvalue weighted by atomic mass is 9.74. The molecule has 0 N–H and O–H groups in total. The summed E-state index contributed by atoms with van der Waals surface area (Å²) >= 11 is 20.2. The fraction of sp³-hybridized carbons (Fsp3) is 0.0667. The van der Waals surface area contributed by atoms with Crippen LogP contribution in [0.3, 0.4) is 0 Å². The van der Waals surface area contributed by atoms with E-state index in [1.54, 1.807) is 0 Å². The fourth-order valence-electron chi connectivity index (χ4n) is 13.9. The van der Waals surface area contributed by atoms with E-state index >= 15 is 0 Å². The molecule has 0 spiro atoms. The predicted octanol–water partition coefficient (Wildman–Crippen LogP) is 25.9. The Bertz CT molecular complexity index is 5460. The summed E-state index contributed by atoms with van der Waals surface area (Å²) in [6.07, 6.45) is 0. The highest BCUT2D eigenvalue weighted by molar-refractivity contribution is 6.64. The lowest BCUT2D eigenvalue weighted by Crippen LogP contribution is -2.41. The molecular weight excluding hydrogens is 1230 g/mol. The molecule has 6 heteroatoms. The average Bonchev–Trinajstić information content (AvgIpc) is 0.920. The van der Waals surface area contributed by atoms with Gasteiger partial charge in [0.25, 0.3) is 0 Å². The number of fused-ring (bicyclic) bond motifs is 6. The number of hydrogen-bond donors (Lipinski definition) is 0. The Morgan fingerprint density at radius 3 is 0.938 bits per heavy atom. The zero-order valence-electron chi connectivity index (χ0n) is 53.7. The first-order valence-electron chi connectivity index (χ1n) is 32.6. The van der Waals surface area contributed by atoms with Gasteiger partial charge >= 0.3 is 7.12 Å². The van der Waals surface area contributed by atoms with Crippen molar-refractivity contribution in [1.82, 2.24) is 0 Å². The first-order chi connectivity index (χ1) is 46.9. The summed E-state index contributed by atoms with van der Waals surface area (Å²) in [7, 11) is -0.354. The molecule has 1 heterocycles. The van der Waals surface area contributed by atoms with E-state index in [-0.39, 0.29) is 18.3 Å². The van der Waals surface area contributed by atoms with Crippen LogP contribution in [0.2, 0.25) is 15.1 Å². The minimum atomic E-state index is -0.354. The van der Waals surface area contributed by atoms with Gasteiger partial charge in [-0.3, -0.25) is 0 Å². The van der Waals surface area contributed by atoms with E-state index in [2.05, 4.69) is 325 Å². The Hall–Kier alpha value is -10.1. The Morgan fingerprint density at radius 1 is 0.229 bits per heavy atom. The molecule has 16 aromatic carbocycles. The van der Waals surface area contributed by atoms with Crippen LogP contribution in [0.1, 0.15) is 27.7 Å². The third kappa shape index (κ3) is 11.8. The van der Waals surface area contributed by atoms with E-state index < -0.39 is 0 Å². The molecule has 1 aliphatic rings. The second kappa shape index (κ2) is 26.3. The molecule has 0 bridgehead atoms. The van der Waals surface area contributed by atoms with Crippen molar-refractivity contribution >= 4 is 112 Å². The zero-order chi connectivity index (χ0) is 65.5. The Morgan fingerprint density at radius 2 is 0.531 bits per heavy atom. The normalized spacial score (nSPS) is 13.2. The molecule has 96 heavy (non-hydrogen) atoms. The van der Waals surface area contributed by atoms with Gasteiger partial charge in [-0.05, 0) is 207 Å². The minimum absolute atomic E-state index is 0.339. The van der Waals surface area contributed by atoms with E-state index in [0.717, 1.165) is 43.3 Å². The molecule has 0 unspecified atom stereocenters. The number of hydrogen-bond acceptors (Lipinski definition) is 2. The molecule has 0 aromatic heterocycles. The van der Waals surface area contributed by atoms with Crippen LogP contribution in [0, 0.1) is 0 Å². The van der Waals surface area contributed by atoms with Crippen LogP contribution in [0.15, 0.2) is 328 Å². The molecule has 16 aromatic rings. The van der Waals surface area contributed by atoms with Gasteiger partial charge in [0.05, 0.1) is 21.2 Å². The van der Waals surface area contributed by atoms with E-state index in [1.807, 2.05) is 30.3 Å². The molecule has 1 saturated heterocycles. The highest BCUT2D eigenvalue weighted by atomic mass is 35.5. The standard InChI is InChI=1S/C42H27Cl.C26H16Cl2.C22H23BO2/c43-40-27-39-38(26-37(40)34-20-10-9-19-33(34)32-24-23-28-13-7-8-18-31(28)25-32)41(29-14-3-1-4-15-29)35-21-11-12-22-36(35)42(39)30-16-5-2-6-17-30;27-23-15-21-22(16-24(23)28)26(18-11-5-2-6-12-18)20-14-8-7-13-19(20)25(21)17-9-3-1-4-10-17;1-21(2)22(3,4)25-23(24-21)20-12-8-7-11-19(20)18-14-13-16-9-5-6-10-17(16)15-18/h1-27H;1-16H;5-15H,1-4H3. The summed E-state index contributed by atoms with van der Waals surface area (Å²) in [5.74, 6) is 0. The number of rotatable bonds is 8. The summed E-state index contributed by atoms with van der Waals surface area (Å²) in [6.45, 7) is 8.36. The lowest BCUT2D eigenvalue weighted by molar-refractivity contribution is 0.00578. The van der Waals surface area contributed by atoms with Crippen LogP contribution in [0.25, 0.3) is 143 Å². The van der Waals surface area contributed by atoms with Crippen molar-refractivity contribution in [2.75, 3.05) is 0 Å². The largest absolute Gasteiger partial charge is 0.495 e. The minimum Gasteiger partial charge on any atom is -0.399 e. The van der Waals surface area contributed by atoms with Crippen LogP contribution < -0.4 is 5.46 Å². The molecule has 17 rings (SSSR count). The maximum absolute atomic E-state index is 7.30. The van der Waals surface area contributed by atoms with Gasteiger partial charge in [0.2, 0.25) is 0 Å². The first kappa shape index (κ1) is 62.1. The van der Waals surface area contributed by atoms with Crippen molar-refractivity contribution in [3.63, 3.8) is 0 Å². The molecule has 0 radical (unpaired) electrons. The predicted molar refractivity (Wildman–Crippen MR) is 413 cm³/mol. The lowest BCUT2D eigenvalue weighted by Gasteiger charge is -2.32. The highest BCUT2D eigenvalue weighted by Crippen LogP contribution is 2.49. The van der Waals surface area contributed by atoms with Crippen LogP contribution in [-0.2, 0) is 9.31 Å². The SMILES string of the molecule is CC1(C)OB(c2ccccc2-c2ccc3ccccc3c2)OC1(C)C.Clc1cc2c(-c3ccccc3)c3ccccc3c(-c3ccccc3)c2cc1-c1ccccc1-c1ccc2ccccc2c1.Clc1cc2c(-c3ccccc3)c3ccccc3c(-c3ccccc3)c2cc1Cl. The monoisotopic (exact) mass is 1290 g/mol. The molecule has 1 aliphatic heterocycles. The summed E-state index contributed by atoms with van der Waals surface area (Å²) in [6, 6.07) is 115. The van der Waals surface area contributed by atoms with Crippen molar-refractivity contribution in [3.05, 3.63) is 343 Å². The number of benzene rings is 16. The van der Waals surface area contributed by atoms with Gasteiger partial charge in [0.15, 0.2) is 0 Å². The molecule has 0 aliphatic carbocycles. The summed E-state index contributed by atoms with van der Waals surface area (Å²) in [5, 5.41) is 16.3. The van der Waals surface area contributed by atoms with Gasteiger partial charge in [-0.1, -0.05) is 326 Å². The third-order valence-corrected chi connectivity index (χ3v) is 20.3. The Balaban J connectivity index is 0.000000124. The van der Waals surface area contributed by atoms with Crippen LogP contribution >= 0.6 is 34.8 Å². The van der Waals surface area contributed by atoms with E-state index in [0.29, 0.717) is 10.0 Å². The third-order valence-electron chi connectivity index (χ3n) is 19.2. The zero-order valence-corrected chi connectivity index (χ0v) is 56.0. The Labute approximate surface area is 576 Å². The second-order valence-corrected chi connectivity index (χ2v) is 26.8. The molecule has 0 saturated carbocycles. The van der Waals surface area contributed by atoms with Gasteiger partial charge in [-0.2, -0.15) is 0 Å². The molecule has 0 amide bonds.